The molecule has 27 heavy (non-hydrogen) atoms. The summed E-state index contributed by atoms with van der Waals surface area (Å²) in [7, 11) is 0. The molecule has 0 saturated heterocycles. The summed E-state index contributed by atoms with van der Waals surface area (Å²) in [6.07, 6.45) is 0.435. The van der Waals surface area contributed by atoms with Gasteiger partial charge in [0.2, 0.25) is 0 Å². The van der Waals surface area contributed by atoms with Gasteiger partial charge in [0.1, 0.15) is 5.84 Å². The molecular formula is C20H21N5OS. The fraction of sp³-hybridized carbons (Fsp3) is 0.200. The normalized spacial score (nSPS) is 12.3. The molecule has 4 N–H and O–H groups in total. The number of nitrogens with zero attached hydrogens (tertiary/aromatic N) is 3. The first kappa shape index (κ1) is 17.4. The summed E-state index contributed by atoms with van der Waals surface area (Å²) in [6, 6.07) is 14.1. The van der Waals surface area contributed by atoms with Gasteiger partial charge >= 0.3 is 5.69 Å². The monoisotopic (exact) mass is 379 g/mol. The highest BCUT2D eigenvalue weighted by atomic mass is 32.1. The Morgan fingerprint density at radius 1 is 1.11 bits per heavy atom. The molecule has 2 aromatic carbocycles. The van der Waals surface area contributed by atoms with Crippen molar-refractivity contribution in [2.24, 2.45) is 16.7 Å². The van der Waals surface area contributed by atoms with Crippen LogP contribution >= 0.6 is 11.3 Å². The standard InChI is InChI=1S/C20H21N5OS/c1-13-5-4-8-17-19(13)14(12-27-17)11-25-16-7-3-2-6-15(16)24(20(25)26)10-9-18(21)23-22/h2-8,12H,9-11,22H2,1H3,(H2,21,23). The van der Waals surface area contributed by atoms with Crippen LogP contribution in [0.25, 0.3) is 21.1 Å². The van der Waals surface area contributed by atoms with Crippen molar-refractivity contribution < 1.29 is 0 Å². The SMILES string of the molecule is Cc1cccc2scc(Cn3c(=O)n(CC/C(N)=N/N)c4ccccc43)c12. The molecule has 7 heteroatoms. The topological polar surface area (TPSA) is 91.3 Å². The first-order valence-corrected chi connectivity index (χ1v) is 9.64. The summed E-state index contributed by atoms with van der Waals surface area (Å²) in [6.45, 7) is 3.10. The summed E-state index contributed by atoms with van der Waals surface area (Å²) >= 11 is 1.71. The van der Waals surface area contributed by atoms with Gasteiger partial charge in [-0.25, -0.2) is 4.79 Å². The number of hydrogen-bond acceptors (Lipinski definition) is 4. The van der Waals surface area contributed by atoms with E-state index >= 15 is 0 Å². The molecule has 4 aromatic rings. The van der Waals surface area contributed by atoms with Crippen molar-refractivity contribution in [1.82, 2.24) is 9.13 Å². The fourth-order valence-corrected chi connectivity index (χ4v) is 4.59. The molecule has 0 fully saturated rings. The smallest absolute Gasteiger partial charge is 0.329 e. The zero-order valence-electron chi connectivity index (χ0n) is 15.1. The Morgan fingerprint density at radius 3 is 2.59 bits per heavy atom. The summed E-state index contributed by atoms with van der Waals surface area (Å²) in [5, 5.41) is 6.89. The van der Waals surface area contributed by atoms with Crippen molar-refractivity contribution in [1.29, 1.82) is 0 Å². The Balaban J connectivity index is 1.82. The summed E-state index contributed by atoms with van der Waals surface area (Å²) < 4.78 is 4.82. The highest BCUT2D eigenvalue weighted by Crippen LogP contribution is 2.29. The van der Waals surface area contributed by atoms with Crippen LogP contribution in [0.15, 0.2) is 57.7 Å². The summed E-state index contributed by atoms with van der Waals surface area (Å²) in [5.41, 5.74) is 9.87. The highest BCUT2D eigenvalue weighted by Gasteiger charge is 2.15. The minimum atomic E-state index is -0.0473. The molecule has 0 radical (unpaired) electrons. The number of para-hydroxylation sites is 2. The van der Waals surface area contributed by atoms with E-state index in [1.54, 1.807) is 15.9 Å². The maximum atomic E-state index is 13.2. The molecule has 0 saturated carbocycles. The van der Waals surface area contributed by atoms with E-state index in [-0.39, 0.29) is 5.69 Å². The molecule has 0 bridgehead atoms. The van der Waals surface area contributed by atoms with Crippen molar-refractivity contribution in [3.05, 3.63) is 69.5 Å². The van der Waals surface area contributed by atoms with Gasteiger partial charge in [0.15, 0.2) is 0 Å². The largest absolute Gasteiger partial charge is 0.386 e. The lowest BCUT2D eigenvalue weighted by Gasteiger charge is -2.05. The predicted molar refractivity (Wildman–Crippen MR) is 112 cm³/mol. The number of imidazole rings is 1. The Hall–Kier alpha value is -3.06. The molecule has 0 atom stereocenters. The van der Waals surface area contributed by atoms with Gasteiger partial charge in [-0.1, -0.05) is 24.3 Å². The van der Waals surface area contributed by atoms with Crippen LogP contribution in [0.4, 0.5) is 0 Å². The third-order valence-corrected chi connectivity index (χ3v) is 5.89. The Morgan fingerprint density at radius 2 is 1.85 bits per heavy atom. The Labute approximate surface area is 160 Å². The number of aromatic nitrogens is 2. The first-order chi connectivity index (χ1) is 13.1. The molecule has 0 unspecified atom stereocenters. The molecule has 0 amide bonds. The lowest BCUT2D eigenvalue weighted by Crippen LogP contribution is -2.27. The van der Waals surface area contributed by atoms with Gasteiger partial charge in [0.05, 0.1) is 17.6 Å². The lowest BCUT2D eigenvalue weighted by atomic mass is 10.1. The van der Waals surface area contributed by atoms with E-state index < -0.39 is 0 Å². The summed E-state index contributed by atoms with van der Waals surface area (Å²) in [4.78, 5) is 13.2. The van der Waals surface area contributed by atoms with Crippen LogP contribution in [0.2, 0.25) is 0 Å². The molecule has 2 heterocycles. The number of thiophene rings is 1. The molecule has 0 aliphatic rings. The van der Waals surface area contributed by atoms with E-state index in [0.717, 1.165) is 11.0 Å². The Bertz CT molecular complexity index is 1210. The second-order valence-corrected chi connectivity index (χ2v) is 7.50. The average Bonchev–Trinajstić information content (AvgIpc) is 3.21. The minimum Gasteiger partial charge on any atom is -0.386 e. The molecular weight excluding hydrogens is 358 g/mol. The summed E-state index contributed by atoms with van der Waals surface area (Å²) in [5.74, 6) is 5.55. The second kappa shape index (κ2) is 6.92. The van der Waals surface area contributed by atoms with Crippen LogP contribution in [0, 0.1) is 6.92 Å². The third kappa shape index (κ3) is 3.00. The van der Waals surface area contributed by atoms with Crippen molar-refractivity contribution in [2.75, 3.05) is 0 Å². The van der Waals surface area contributed by atoms with Gasteiger partial charge in [-0.05, 0) is 41.6 Å². The predicted octanol–water partition coefficient (Wildman–Crippen LogP) is 3.00. The quantitative estimate of drug-likeness (QED) is 0.242. The van der Waals surface area contributed by atoms with E-state index in [2.05, 4.69) is 35.6 Å². The van der Waals surface area contributed by atoms with Crippen LogP contribution in [-0.4, -0.2) is 15.0 Å². The van der Waals surface area contributed by atoms with E-state index in [4.69, 9.17) is 11.6 Å². The third-order valence-electron chi connectivity index (χ3n) is 4.89. The van der Waals surface area contributed by atoms with E-state index in [0.29, 0.717) is 25.3 Å². The van der Waals surface area contributed by atoms with Crippen molar-refractivity contribution in [3.8, 4) is 0 Å². The highest BCUT2D eigenvalue weighted by molar-refractivity contribution is 7.17. The van der Waals surface area contributed by atoms with Gasteiger partial charge in [0.25, 0.3) is 0 Å². The number of nitrogens with two attached hydrogens (primary N) is 2. The number of hydrogen-bond donors (Lipinski definition) is 2. The number of benzene rings is 2. The van der Waals surface area contributed by atoms with Crippen LogP contribution in [0.1, 0.15) is 17.5 Å². The molecule has 138 valence electrons. The van der Waals surface area contributed by atoms with Crippen molar-refractivity contribution in [2.45, 2.75) is 26.4 Å². The Kier molecular flexibility index (Phi) is 4.45. The van der Waals surface area contributed by atoms with Crippen molar-refractivity contribution in [3.63, 3.8) is 0 Å². The molecule has 0 aliphatic heterocycles. The van der Waals surface area contributed by atoms with E-state index in [9.17, 15) is 4.79 Å². The number of rotatable bonds is 5. The van der Waals surface area contributed by atoms with Crippen LogP contribution in [0.5, 0.6) is 0 Å². The number of hydrazone groups is 1. The van der Waals surface area contributed by atoms with E-state index in [1.807, 2.05) is 28.8 Å². The van der Waals surface area contributed by atoms with Gasteiger partial charge in [-0.3, -0.25) is 9.13 Å². The lowest BCUT2D eigenvalue weighted by molar-refractivity contribution is 0.665. The maximum Gasteiger partial charge on any atom is 0.329 e. The number of aryl methyl sites for hydroxylation is 2. The van der Waals surface area contributed by atoms with Gasteiger partial charge in [0, 0.05) is 23.1 Å². The number of fused-ring (bicyclic) bond motifs is 2. The first-order valence-electron chi connectivity index (χ1n) is 8.76. The minimum absolute atomic E-state index is 0.0473. The molecule has 0 aliphatic carbocycles. The van der Waals surface area contributed by atoms with Crippen LogP contribution < -0.4 is 17.3 Å². The average molecular weight is 379 g/mol. The van der Waals surface area contributed by atoms with E-state index in [1.165, 1.54) is 21.2 Å². The second-order valence-electron chi connectivity index (χ2n) is 6.59. The van der Waals surface area contributed by atoms with Gasteiger partial charge in [-0.15, -0.1) is 11.3 Å². The number of amidine groups is 1. The molecule has 0 spiro atoms. The van der Waals surface area contributed by atoms with Gasteiger partial charge < -0.3 is 11.6 Å². The zero-order chi connectivity index (χ0) is 19.0. The maximum absolute atomic E-state index is 13.2. The fourth-order valence-electron chi connectivity index (χ4n) is 3.56. The van der Waals surface area contributed by atoms with Crippen LogP contribution in [-0.2, 0) is 13.1 Å². The molecule has 2 aromatic heterocycles. The van der Waals surface area contributed by atoms with Crippen LogP contribution in [0.3, 0.4) is 0 Å². The van der Waals surface area contributed by atoms with Gasteiger partial charge in [-0.2, -0.15) is 5.10 Å². The molecule has 6 nitrogen and oxygen atoms in total. The van der Waals surface area contributed by atoms with Crippen molar-refractivity contribution >= 4 is 38.3 Å². The zero-order valence-corrected chi connectivity index (χ0v) is 15.9. The molecule has 4 rings (SSSR count).